The van der Waals surface area contributed by atoms with Gasteiger partial charge in [0.15, 0.2) is 11.6 Å². The molecule has 4 rings (SSSR count). The van der Waals surface area contributed by atoms with E-state index in [0.717, 1.165) is 22.4 Å². The van der Waals surface area contributed by atoms with Crippen molar-refractivity contribution in [2.45, 2.75) is 13.5 Å². The maximum Gasteiger partial charge on any atom is 0.213 e. The number of pyridine rings is 2. The molecule has 0 aliphatic rings. The van der Waals surface area contributed by atoms with Crippen molar-refractivity contribution in [3.63, 3.8) is 0 Å². The summed E-state index contributed by atoms with van der Waals surface area (Å²) in [6, 6.07) is 12.1. The third-order valence-corrected chi connectivity index (χ3v) is 4.68. The van der Waals surface area contributed by atoms with Crippen LogP contribution in [0.4, 0.5) is 4.39 Å². The van der Waals surface area contributed by atoms with E-state index in [9.17, 15) is 4.39 Å². The van der Waals surface area contributed by atoms with Crippen LogP contribution in [-0.2, 0) is 11.3 Å². The fourth-order valence-electron chi connectivity index (χ4n) is 3.24. The third-order valence-electron chi connectivity index (χ3n) is 4.68. The number of hydrogen-bond acceptors (Lipinski definition) is 6. The van der Waals surface area contributed by atoms with Gasteiger partial charge in [-0.3, -0.25) is 9.55 Å². The molecule has 0 N–H and O–H groups in total. The van der Waals surface area contributed by atoms with Crippen molar-refractivity contribution >= 4 is 0 Å². The van der Waals surface area contributed by atoms with Crippen LogP contribution < -0.4 is 4.74 Å². The number of ether oxygens (including phenoxy) is 2. The topological polar surface area (TPSA) is 75.0 Å². The van der Waals surface area contributed by atoms with Gasteiger partial charge in [0.25, 0.3) is 0 Å². The highest BCUT2D eigenvalue weighted by Gasteiger charge is 2.17. The van der Waals surface area contributed by atoms with Gasteiger partial charge in [0.05, 0.1) is 19.0 Å². The van der Waals surface area contributed by atoms with Crippen molar-refractivity contribution in [2.24, 2.45) is 0 Å². The second-order valence-electron chi connectivity index (χ2n) is 6.66. The molecule has 0 fully saturated rings. The number of benzene rings is 1. The zero-order valence-corrected chi connectivity index (χ0v) is 16.8. The number of nitrogens with zero attached hydrogens (tertiary/aromatic N) is 5. The number of rotatable bonds is 6. The molecule has 3 heterocycles. The molecule has 7 nitrogen and oxygen atoms in total. The lowest BCUT2D eigenvalue weighted by Crippen LogP contribution is -2.05. The summed E-state index contributed by atoms with van der Waals surface area (Å²) in [5.41, 5.74) is 4.08. The summed E-state index contributed by atoms with van der Waals surface area (Å²) in [5.74, 6) is 1.45. The molecule has 0 aliphatic heterocycles. The van der Waals surface area contributed by atoms with E-state index in [0.29, 0.717) is 23.2 Å². The molecule has 8 heteroatoms. The zero-order valence-electron chi connectivity index (χ0n) is 16.8. The highest BCUT2D eigenvalue weighted by atomic mass is 19.1. The van der Waals surface area contributed by atoms with Crippen LogP contribution in [0.25, 0.3) is 28.3 Å². The Labute approximate surface area is 173 Å². The van der Waals surface area contributed by atoms with Gasteiger partial charge in [-0.25, -0.2) is 9.37 Å². The molecule has 0 bridgehead atoms. The largest absolute Gasteiger partial charge is 0.481 e. The summed E-state index contributed by atoms with van der Waals surface area (Å²) in [6.45, 7) is 2.16. The maximum absolute atomic E-state index is 13.4. The Morgan fingerprint density at radius 2 is 1.83 bits per heavy atom. The molecule has 0 unspecified atom stereocenters. The number of hydrogen-bond donors (Lipinski definition) is 0. The van der Waals surface area contributed by atoms with E-state index in [1.54, 1.807) is 38.7 Å². The second-order valence-corrected chi connectivity index (χ2v) is 6.66. The number of aromatic nitrogens is 5. The Kier molecular flexibility index (Phi) is 5.49. The van der Waals surface area contributed by atoms with Crippen molar-refractivity contribution in [3.8, 4) is 34.2 Å². The fraction of sp³-hybridized carbons (Fsp3) is 0.182. The van der Waals surface area contributed by atoms with Crippen LogP contribution in [0.15, 0.2) is 54.9 Å². The smallest absolute Gasteiger partial charge is 0.213 e. The maximum atomic E-state index is 13.4. The van der Waals surface area contributed by atoms with Crippen LogP contribution >= 0.6 is 0 Å². The molecule has 0 atom stereocenters. The van der Waals surface area contributed by atoms with Crippen molar-refractivity contribution in [1.29, 1.82) is 0 Å². The van der Waals surface area contributed by atoms with Crippen molar-refractivity contribution < 1.29 is 13.9 Å². The Hall–Kier alpha value is -3.65. The number of halogens is 1. The zero-order chi connectivity index (χ0) is 21.1. The summed E-state index contributed by atoms with van der Waals surface area (Å²) in [6.07, 6.45) is 3.43. The van der Waals surface area contributed by atoms with Gasteiger partial charge in [-0.05, 0) is 42.3 Å². The lowest BCUT2D eigenvalue weighted by Gasteiger charge is -2.11. The molecule has 30 heavy (non-hydrogen) atoms. The Morgan fingerprint density at radius 3 is 2.47 bits per heavy atom. The molecule has 152 valence electrons. The minimum atomic E-state index is -0.257. The van der Waals surface area contributed by atoms with E-state index in [2.05, 4.69) is 20.2 Å². The minimum Gasteiger partial charge on any atom is -0.481 e. The molecule has 0 spiro atoms. The SMILES string of the molecule is COCc1nnc(-c2ccc(-c3ccc(F)cc3C)cn2)n1-c1ccc(OC)nc1. The molecule has 1 aromatic carbocycles. The van der Waals surface area contributed by atoms with Crippen LogP contribution in [0, 0.1) is 12.7 Å². The van der Waals surface area contributed by atoms with Crippen LogP contribution in [0.3, 0.4) is 0 Å². The average Bonchev–Trinajstić information content (AvgIpc) is 3.18. The molecule has 0 amide bonds. The third kappa shape index (κ3) is 3.77. The van der Waals surface area contributed by atoms with Crippen molar-refractivity contribution in [3.05, 3.63) is 72.1 Å². The molecule has 0 aliphatic carbocycles. The van der Waals surface area contributed by atoms with Crippen LogP contribution in [0.5, 0.6) is 5.88 Å². The van der Waals surface area contributed by atoms with Crippen LogP contribution in [-0.4, -0.2) is 39.0 Å². The lowest BCUT2D eigenvalue weighted by molar-refractivity contribution is 0.176. The molecule has 0 radical (unpaired) electrons. The van der Waals surface area contributed by atoms with E-state index in [4.69, 9.17) is 9.47 Å². The van der Waals surface area contributed by atoms with E-state index in [-0.39, 0.29) is 12.4 Å². The summed E-state index contributed by atoms with van der Waals surface area (Å²) in [7, 11) is 3.17. The van der Waals surface area contributed by atoms with Gasteiger partial charge in [-0.15, -0.1) is 10.2 Å². The molecular formula is C22H20FN5O2. The Morgan fingerprint density at radius 1 is 0.967 bits per heavy atom. The highest BCUT2D eigenvalue weighted by Crippen LogP contribution is 2.27. The summed E-state index contributed by atoms with van der Waals surface area (Å²) >= 11 is 0. The van der Waals surface area contributed by atoms with E-state index >= 15 is 0 Å². The van der Waals surface area contributed by atoms with Gasteiger partial charge >= 0.3 is 0 Å². The van der Waals surface area contributed by atoms with E-state index in [1.165, 1.54) is 12.1 Å². The highest BCUT2D eigenvalue weighted by molar-refractivity contribution is 5.68. The predicted molar refractivity (Wildman–Crippen MR) is 110 cm³/mol. The average molecular weight is 405 g/mol. The second kappa shape index (κ2) is 8.38. The van der Waals surface area contributed by atoms with Gasteiger partial charge in [-0.1, -0.05) is 12.1 Å². The van der Waals surface area contributed by atoms with Gasteiger partial charge < -0.3 is 9.47 Å². The van der Waals surface area contributed by atoms with Crippen LogP contribution in [0.2, 0.25) is 0 Å². The predicted octanol–water partition coefficient (Wildman–Crippen LogP) is 3.99. The van der Waals surface area contributed by atoms with Crippen molar-refractivity contribution in [1.82, 2.24) is 24.7 Å². The minimum absolute atomic E-state index is 0.257. The Bertz CT molecular complexity index is 1160. The van der Waals surface area contributed by atoms with E-state index < -0.39 is 0 Å². The summed E-state index contributed by atoms with van der Waals surface area (Å²) < 4.78 is 25.7. The fourth-order valence-corrected chi connectivity index (χ4v) is 3.24. The Balaban J connectivity index is 1.74. The normalized spacial score (nSPS) is 10.9. The quantitative estimate of drug-likeness (QED) is 0.483. The molecule has 0 saturated heterocycles. The van der Waals surface area contributed by atoms with Crippen LogP contribution in [0.1, 0.15) is 11.4 Å². The molecule has 3 aromatic heterocycles. The lowest BCUT2D eigenvalue weighted by atomic mass is 10.0. The number of aryl methyl sites for hydroxylation is 1. The molecule has 0 saturated carbocycles. The van der Waals surface area contributed by atoms with Gasteiger partial charge in [0.2, 0.25) is 5.88 Å². The van der Waals surface area contributed by atoms with Crippen molar-refractivity contribution in [2.75, 3.05) is 14.2 Å². The van der Waals surface area contributed by atoms with Gasteiger partial charge in [0, 0.05) is 24.9 Å². The summed E-state index contributed by atoms with van der Waals surface area (Å²) in [5, 5.41) is 8.57. The van der Waals surface area contributed by atoms with Gasteiger partial charge in [0.1, 0.15) is 18.1 Å². The first-order valence-corrected chi connectivity index (χ1v) is 9.27. The first-order chi connectivity index (χ1) is 14.6. The molecular weight excluding hydrogens is 385 g/mol. The summed E-state index contributed by atoms with van der Waals surface area (Å²) in [4.78, 5) is 8.85. The van der Waals surface area contributed by atoms with E-state index in [1.807, 2.05) is 29.7 Å². The first-order valence-electron chi connectivity index (χ1n) is 9.27. The van der Waals surface area contributed by atoms with Gasteiger partial charge in [-0.2, -0.15) is 0 Å². The first kappa shape index (κ1) is 19.7. The monoisotopic (exact) mass is 405 g/mol. The standard InChI is InChI=1S/C22H20FN5O2/c1-14-10-16(23)5-7-18(14)15-4-8-19(24-11-15)22-27-26-20(13-29-2)28(22)17-6-9-21(30-3)25-12-17/h4-12H,13H2,1-3H3. The molecule has 4 aromatic rings. The number of methoxy groups -OCH3 is 2.